The molecule has 3 rings (SSSR count). The van der Waals surface area contributed by atoms with Gasteiger partial charge in [0.2, 0.25) is 0 Å². The number of fused-ring (bicyclic) bond motifs is 1. The van der Waals surface area contributed by atoms with Crippen LogP contribution in [0.1, 0.15) is 15.9 Å². The molecule has 1 heterocycles. The number of benzene rings is 2. The normalized spacial score (nSPS) is 10.8. The van der Waals surface area contributed by atoms with Crippen LogP contribution < -0.4 is 11.1 Å². The molecule has 0 unspecified atom stereocenters. The van der Waals surface area contributed by atoms with Gasteiger partial charge in [-0.05, 0) is 36.2 Å². The zero-order chi connectivity index (χ0) is 15.5. The first-order valence-corrected chi connectivity index (χ1v) is 7.03. The molecule has 1 aromatic heterocycles. The molecule has 4 N–H and O–H groups in total. The number of anilines is 1. The summed E-state index contributed by atoms with van der Waals surface area (Å²) in [5.74, 6) is -0.840. The minimum atomic E-state index is -0.476. The molecule has 5 heteroatoms. The van der Waals surface area contributed by atoms with Crippen LogP contribution in [-0.4, -0.2) is 17.4 Å². The Morgan fingerprint density at radius 3 is 2.91 bits per heavy atom. The predicted molar refractivity (Wildman–Crippen MR) is 85.1 cm³/mol. The fourth-order valence-electron chi connectivity index (χ4n) is 2.47. The highest BCUT2D eigenvalue weighted by Gasteiger charge is 2.11. The van der Waals surface area contributed by atoms with Gasteiger partial charge in [-0.25, -0.2) is 4.39 Å². The van der Waals surface area contributed by atoms with Crippen LogP contribution >= 0.6 is 0 Å². The fourth-order valence-corrected chi connectivity index (χ4v) is 2.47. The number of carbonyl (C=O) groups excluding carboxylic acids is 1. The average Bonchev–Trinajstić information content (AvgIpc) is 2.93. The molecule has 0 atom stereocenters. The number of halogens is 1. The molecule has 0 aliphatic heterocycles. The Morgan fingerprint density at radius 1 is 1.23 bits per heavy atom. The van der Waals surface area contributed by atoms with Crippen LogP contribution in [0.3, 0.4) is 0 Å². The Morgan fingerprint density at radius 2 is 2.05 bits per heavy atom. The van der Waals surface area contributed by atoms with E-state index in [0.29, 0.717) is 13.0 Å². The first-order valence-electron chi connectivity index (χ1n) is 7.03. The SMILES string of the molecule is Nc1ccc(F)cc1C(=O)NCCc1c[nH]c2ccccc12. The Labute approximate surface area is 127 Å². The van der Waals surface area contributed by atoms with Crippen molar-refractivity contribution in [3.63, 3.8) is 0 Å². The van der Waals surface area contributed by atoms with Gasteiger partial charge in [0.1, 0.15) is 5.82 Å². The molecule has 0 aliphatic carbocycles. The lowest BCUT2D eigenvalue weighted by Gasteiger charge is -2.07. The number of nitrogens with two attached hydrogens (primary N) is 1. The molecular formula is C17H16FN3O. The number of hydrogen-bond acceptors (Lipinski definition) is 2. The highest BCUT2D eigenvalue weighted by molar-refractivity contribution is 5.99. The Balaban J connectivity index is 1.65. The molecule has 3 aromatic rings. The van der Waals surface area contributed by atoms with Gasteiger partial charge in [0.15, 0.2) is 0 Å². The second kappa shape index (κ2) is 5.89. The molecule has 0 radical (unpaired) electrons. The van der Waals surface area contributed by atoms with Crippen molar-refractivity contribution in [2.24, 2.45) is 0 Å². The third-order valence-corrected chi connectivity index (χ3v) is 3.61. The van der Waals surface area contributed by atoms with E-state index in [9.17, 15) is 9.18 Å². The predicted octanol–water partition coefficient (Wildman–Crippen LogP) is 2.86. The lowest BCUT2D eigenvalue weighted by molar-refractivity contribution is 0.0954. The van der Waals surface area contributed by atoms with Crippen LogP contribution in [0, 0.1) is 5.82 Å². The van der Waals surface area contributed by atoms with Gasteiger partial charge in [-0.1, -0.05) is 18.2 Å². The Bertz CT molecular complexity index is 826. The molecule has 0 saturated heterocycles. The van der Waals surface area contributed by atoms with Crippen LogP contribution in [-0.2, 0) is 6.42 Å². The number of amides is 1. The molecule has 1 amide bonds. The van der Waals surface area contributed by atoms with Crippen molar-refractivity contribution < 1.29 is 9.18 Å². The molecule has 0 bridgehead atoms. The van der Waals surface area contributed by atoms with Gasteiger partial charge < -0.3 is 16.0 Å². The van der Waals surface area contributed by atoms with Crippen molar-refractivity contribution in [1.82, 2.24) is 10.3 Å². The van der Waals surface area contributed by atoms with Crippen molar-refractivity contribution in [3.8, 4) is 0 Å². The van der Waals surface area contributed by atoms with Crippen molar-refractivity contribution in [3.05, 3.63) is 65.6 Å². The van der Waals surface area contributed by atoms with Gasteiger partial charge in [-0.2, -0.15) is 0 Å². The van der Waals surface area contributed by atoms with Gasteiger partial charge in [-0.3, -0.25) is 4.79 Å². The minimum absolute atomic E-state index is 0.166. The summed E-state index contributed by atoms with van der Waals surface area (Å²) >= 11 is 0. The van der Waals surface area contributed by atoms with Crippen molar-refractivity contribution in [1.29, 1.82) is 0 Å². The van der Waals surface area contributed by atoms with Gasteiger partial charge in [0.05, 0.1) is 5.56 Å². The van der Waals surface area contributed by atoms with Gasteiger partial charge in [0, 0.05) is 29.3 Å². The first kappa shape index (κ1) is 14.1. The number of hydrogen-bond donors (Lipinski definition) is 3. The van der Waals surface area contributed by atoms with Gasteiger partial charge in [0.25, 0.3) is 5.91 Å². The first-order chi connectivity index (χ1) is 10.6. The summed E-state index contributed by atoms with van der Waals surface area (Å²) in [5.41, 5.74) is 8.33. The Kier molecular flexibility index (Phi) is 3.78. The zero-order valence-corrected chi connectivity index (χ0v) is 11.9. The van der Waals surface area contributed by atoms with E-state index >= 15 is 0 Å². The number of para-hydroxylation sites is 1. The standard InChI is InChI=1S/C17H16FN3O/c18-12-5-6-15(19)14(9-12)17(22)20-8-7-11-10-21-16-4-2-1-3-13(11)16/h1-6,9-10,21H,7-8,19H2,(H,20,22). The van der Waals surface area contributed by atoms with Crippen LogP contribution in [0.25, 0.3) is 10.9 Å². The maximum atomic E-state index is 13.2. The second-order valence-electron chi connectivity index (χ2n) is 5.10. The van der Waals surface area contributed by atoms with Crippen LogP contribution in [0.4, 0.5) is 10.1 Å². The van der Waals surface area contributed by atoms with E-state index in [1.807, 2.05) is 30.5 Å². The summed E-state index contributed by atoms with van der Waals surface area (Å²) in [4.78, 5) is 15.2. The average molecular weight is 297 g/mol. The van der Waals surface area contributed by atoms with E-state index in [2.05, 4.69) is 10.3 Å². The molecule has 22 heavy (non-hydrogen) atoms. The maximum Gasteiger partial charge on any atom is 0.253 e. The largest absolute Gasteiger partial charge is 0.398 e. The lowest BCUT2D eigenvalue weighted by Crippen LogP contribution is -2.26. The molecule has 4 nitrogen and oxygen atoms in total. The number of aromatic amines is 1. The zero-order valence-electron chi connectivity index (χ0n) is 11.9. The summed E-state index contributed by atoms with van der Waals surface area (Å²) in [6.07, 6.45) is 2.62. The number of carbonyl (C=O) groups is 1. The van der Waals surface area contributed by atoms with Crippen LogP contribution in [0.5, 0.6) is 0 Å². The highest BCUT2D eigenvalue weighted by atomic mass is 19.1. The summed E-state index contributed by atoms with van der Waals surface area (Å²) in [7, 11) is 0. The van der Waals surface area contributed by atoms with Crippen molar-refractivity contribution >= 4 is 22.5 Å². The van der Waals surface area contributed by atoms with E-state index in [1.165, 1.54) is 12.1 Å². The lowest BCUT2D eigenvalue weighted by atomic mass is 10.1. The van der Waals surface area contributed by atoms with Crippen molar-refractivity contribution in [2.45, 2.75) is 6.42 Å². The molecule has 0 spiro atoms. The summed E-state index contributed by atoms with van der Waals surface area (Å²) < 4.78 is 13.2. The number of H-pyrrole nitrogens is 1. The number of nitrogen functional groups attached to an aromatic ring is 1. The molecule has 112 valence electrons. The van der Waals surface area contributed by atoms with E-state index in [1.54, 1.807) is 0 Å². The fraction of sp³-hybridized carbons (Fsp3) is 0.118. The monoisotopic (exact) mass is 297 g/mol. The number of rotatable bonds is 4. The van der Waals surface area contributed by atoms with E-state index < -0.39 is 5.82 Å². The molecule has 2 aromatic carbocycles. The summed E-state index contributed by atoms with van der Waals surface area (Å²) in [5, 5.41) is 3.91. The topological polar surface area (TPSA) is 70.9 Å². The number of nitrogens with one attached hydrogen (secondary N) is 2. The smallest absolute Gasteiger partial charge is 0.253 e. The van der Waals surface area contributed by atoms with Crippen molar-refractivity contribution in [2.75, 3.05) is 12.3 Å². The van der Waals surface area contributed by atoms with Crippen LogP contribution in [0.2, 0.25) is 0 Å². The molecule has 0 aliphatic rings. The number of aromatic nitrogens is 1. The highest BCUT2D eigenvalue weighted by Crippen LogP contribution is 2.18. The second-order valence-corrected chi connectivity index (χ2v) is 5.10. The quantitative estimate of drug-likeness (QED) is 0.648. The maximum absolute atomic E-state index is 13.2. The van der Waals surface area contributed by atoms with E-state index in [4.69, 9.17) is 5.73 Å². The minimum Gasteiger partial charge on any atom is -0.398 e. The van der Waals surface area contributed by atoms with E-state index in [0.717, 1.165) is 22.5 Å². The van der Waals surface area contributed by atoms with E-state index in [-0.39, 0.29) is 17.2 Å². The third-order valence-electron chi connectivity index (χ3n) is 3.61. The summed E-state index contributed by atoms with van der Waals surface area (Å²) in [6.45, 7) is 0.455. The molecule has 0 fully saturated rings. The Hall–Kier alpha value is -2.82. The van der Waals surface area contributed by atoms with Gasteiger partial charge >= 0.3 is 0 Å². The summed E-state index contributed by atoms with van der Waals surface area (Å²) in [6, 6.07) is 11.8. The van der Waals surface area contributed by atoms with Gasteiger partial charge in [-0.15, -0.1) is 0 Å². The van der Waals surface area contributed by atoms with Crippen LogP contribution in [0.15, 0.2) is 48.7 Å². The molecule has 0 saturated carbocycles. The molecular weight excluding hydrogens is 281 g/mol. The third kappa shape index (κ3) is 2.79.